The number of nitrogens with two attached hydrogens (primary N) is 1. The molecule has 1 aliphatic carbocycles. The average molecular weight is 240 g/mol. The lowest BCUT2D eigenvalue weighted by Gasteiger charge is -2.52. The first-order valence-corrected chi connectivity index (χ1v) is 7.42. The van der Waals surface area contributed by atoms with E-state index in [4.69, 9.17) is 5.73 Å². The molecule has 1 rings (SSSR count). The van der Waals surface area contributed by atoms with Gasteiger partial charge < -0.3 is 5.73 Å². The van der Waals surface area contributed by atoms with E-state index in [2.05, 4.69) is 39.6 Å². The van der Waals surface area contributed by atoms with Crippen LogP contribution < -0.4 is 5.73 Å². The molecule has 2 N–H and O–H groups in total. The monoisotopic (exact) mass is 240 g/mol. The molecule has 1 saturated carbocycles. The molecule has 0 heterocycles. The summed E-state index contributed by atoms with van der Waals surface area (Å²) < 4.78 is 0. The number of likely N-dealkylation sites (N-methyl/N-ethyl adjacent to an activating group) is 1. The Bertz CT molecular complexity index is 227. The van der Waals surface area contributed by atoms with Crippen molar-refractivity contribution in [1.82, 2.24) is 4.90 Å². The van der Waals surface area contributed by atoms with Crippen LogP contribution in [0.4, 0.5) is 0 Å². The highest BCUT2D eigenvalue weighted by Crippen LogP contribution is 2.40. The minimum atomic E-state index is 0.261. The Balaban J connectivity index is 2.91. The SMILES string of the molecule is CCC1CCCCC1(CN)N(C)C(C)C(C)C. The molecule has 2 heteroatoms. The summed E-state index contributed by atoms with van der Waals surface area (Å²) in [5, 5.41) is 0. The topological polar surface area (TPSA) is 29.3 Å². The predicted octanol–water partition coefficient (Wildman–Crippen LogP) is 3.26. The summed E-state index contributed by atoms with van der Waals surface area (Å²) in [5.74, 6) is 1.48. The molecule has 2 nitrogen and oxygen atoms in total. The van der Waals surface area contributed by atoms with Gasteiger partial charge in [0.05, 0.1) is 0 Å². The molecule has 1 aliphatic rings. The highest BCUT2D eigenvalue weighted by atomic mass is 15.2. The van der Waals surface area contributed by atoms with Crippen LogP contribution in [0.15, 0.2) is 0 Å². The van der Waals surface area contributed by atoms with Crippen LogP contribution >= 0.6 is 0 Å². The molecule has 0 aliphatic heterocycles. The molecule has 0 radical (unpaired) electrons. The van der Waals surface area contributed by atoms with Gasteiger partial charge in [0.25, 0.3) is 0 Å². The Labute approximate surface area is 108 Å². The second kappa shape index (κ2) is 6.19. The smallest absolute Gasteiger partial charge is 0.0359 e. The van der Waals surface area contributed by atoms with Gasteiger partial charge in [-0.05, 0) is 38.6 Å². The van der Waals surface area contributed by atoms with E-state index < -0.39 is 0 Å². The Hall–Kier alpha value is -0.0800. The maximum atomic E-state index is 6.20. The van der Waals surface area contributed by atoms with Crippen molar-refractivity contribution >= 4 is 0 Å². The van der Waals surface area contributed by atoms with Gasteiger partial charge in [-0.2, -0.15) is 0 Å². The fourth-order valence-corrected chi connectivity index (χ4v) is 3.61. The second-order valence-corrected chi connectivity index (χ2v) is 6.25. The molecule has 0 spiro atoms. The van der Waals surface area contributed by atoms with Crippen LogP contribution in [0, 0.1) is 11.8 Å². The summed E-state index contributed by atoms with van der Waals surface area (Å²) in [6.07, 6.45) is 6.66. The summed E-state index contributed by atoms with van der Waals surface area (Å²) in [6, 6.07) is 0.616. The fourth-order valence-electron chi connectivity index (χ4n) is 3.61. The van der Waals surface area contributed by atoms with E-state index in [1.165, 1.54) is 32.1 Å². The highest BCUT2D eigenvalue weighted by Gasteiger charge is 2.43. The van der Waals surface area contributed by atoms with Crippen LogP contribution in [-0.4, -0.2) is 30.1 Å². The van der Waals surface area contributed by atoms with Crippen molar-refractivity contribution in [3.05, 3.63) is 0 Å². The Morgan fingerprint density at radius 3 is 2.41 bits per heavy atom. The van der Waals surface area contributed by atoms with E-state index >= 15 is 0 Å². The van der Waals surface area contributed by atoms with E-state index in [-0.39, 0.29) is 5.54 Å². The van der Waals surface area contributed by atoms with Gasteiger partial charge in [-0.3, -0.25) is 4.90 Å². The van der Waals surface area contributed by atoms with Crippen molar-refractivity contribution in [1.29, 1.82) is 0 Å². The highest BCUT2D eigenvalue weighted by molar-refractivity contribution is 5.00. The summed E-state index contributed by atoms with van der Waals surface area (Å²) in [4.78, 5) is 2.60. The summed E-state index contributed by atoms with van der Waals surface area (Å²) >= 11 is 0. The largest absolute Gasteiger partial charge is 0.329 e. The molecule has 1 fully saturated rings. The van der Waals surface area contributed by atoms with Crippen LogP contribution in [-0.2, 0) is 0 Å². The number of rotatable bonds is 5. The first-order chi connectivity index (χ1) is 7.99. The zero-order chi connectivity index (χ0) is 13.1. The van der Waals surface area contributed by atoms with Crippen molar-refractivity contribution in [3.63, 3.8) is 0 Å². The minimum Gasteiger partial charge on any atom is -0.329 e. The van der Waals surface area contributed by atoms with E-state index in [1.54, 1.807) is 0 Å². The third-order valence-corrected chi connectivity index (χ3v) is 5.30. The summed E-state index contributed by atoms with van der Waals surface area (Å²) in [6.45, 7) is 10.1. The third kappa shape index (κ3) is 2.85. The molecule has 3 unspecified atom stereocenters. The molecular formula is C15H32N2. The normalized spacial score (nSPS) is 32.1. The van der Waals surface area contributed by atoms with Crippen LogP contribution in [0.25, 0.3) is 0 Å². The average Bonchev–Trinajstić information content (AvgIpc) is 2.36. The Kier molecular flexibility index (Phi) is 5.46. The molecule has 0 bridgehead atoms. The van der Waals surface area contributed by atoms with Gasteiger partial charge in [0.15, 0.2) is 0 Å². The summed E-state index contributed by atoms with van der Waals surface area (Å²) in [5.41, 5.74) is 6.46. The van der Waals surface area contributed by atoms with Crippen LogP contribution in [0.1, 0.15) is 59.8 Å². The second-order valence-electron chi connectivity index (χ2n) is 6.25. The third-order valence-electron chi connectivity index (χ3n) is 5.30. The maximum absolute atomic E-state index is 6.20. The van der Waals surface area contributed by atoms with Crippen molar-refractivity contribution in [2.75, 3.05) is 13.6 Å². The standard InChI is InChI=1S/C15H32N2/c1-6-14-9-7-8-10-15(14,11-16)17(5)13(4)12(2)3/h12-14H,6-11,16H2,1-5H3. The van der Waals surface area contributed by atoms with Gasteiger partial charge in [0.1, 0.15) is 0 Å². The van der Waals surface area contributed by atoms with E-state index in [0.29, 0.717) is 12.0 Å². The molecule has 17 heavy (non-hydrogen) atoms. The van der Waals surface area contributed by atoms with E-state index in [9.17, 15) is 0 Å². The van der Waals surface area contributed by atoms with Crippen molar-refractivity contribution in [2.45, 2.75) is 71.4 Å². The van der Waals surface area contributed by atoms with Crippen LogP contribution in [0.3, 0.4) is 0 Å². The van der Waals surface area contributed by atoms with Gasteiger partial charge in [-0.25, -0.2) is 0 Å². The lowest BCUT2D eigenvalue weighted by atomic mass is 9.69. The molecule has 0 aromatic rings. The van der Waals surface area contributed by atoms with Crippen molar-refractivity contribution in [3.8, 4) is 0 Å². The first kappa shape index (κ1) is 15.0. The predicted molar refractivity (Wildman–Crippen MR) is 76.1 cm³/mol. The fraction of sp³-hybridized carbons (Fsp3) is 1.00. The molecule has 0 aromatic heterocycles. The van der Waals surface area contributed by atoms with Crippen LogP contribution in [0.2, 0.25) is 0 Å². The van der Waals surface area contributed by atoms with Gasteiger partial charge in [-0.15, -0.1) is 0 Å². The zero-order valence-electron chi connectivity index (χ0n) is 12.5. The van der Waals surface area contributed by atoms with E-state index in [0.717, 1.165) is 12.5 Å². The molecule has 0 aromatic carbocycles. The molecule has 3 atom stereocenters. The first-order valence-electron chi connectivity index (χ1n) is 7.42. The number of nitrogens with zero attached hydrogens (tertiary/aromatic N) is 1. The van der Waals surface area contributed by atoms with Gasteiger partial charge >= 0.3 is 0 Å². The van der Waals surface area contributed by atoms with Crippen molar-refractivity contribution in [2.24, 2.45) is 17.6 Å². The molecule has 0 saturated heterocycles. The van der Waals surface area contributed by atoms with Gasteiger partial charge in [-0.1, -0.05) is 40.0 Å². The number of hydrogen-bond donors (Lipinski definition) is 1. The Morgan fingerprint density at radius 1 is 1.29 bits per heavy atom. The van der Waals surface area contributed by atoms with Crippen molar-refractivity contribution < 1.29 is 0 Å². The number of hydrogen-bond acceptors (Lipinski definition) is 2. The van der Waals surface area contributed by atoms with Gasteiger partial charge in [0.2, 0.25) is 0 Å². The quantitative estimate of drug-likeness (QED) is 0.799. The Morgan fingerprint density at radius 2 is 1.94 bits per heavy atom. The molecule has 0 amide bonds. The van der Waals surface area contributed by atoms with Crippen LogP contribution in [0.5, 0.6) is 0 Å². The zero-order valence-corrected chi connectivity index (χ0v) is 12.5. The lowest BCUT2D eigenvalue weighted by Crippen LogP contribution is -2.61. The molecule has 102 valence electrons. The lowest BCUT2D eigenvalue weighted by molar-refractivity contribution is -0.0136. The minimum absolute atomic E-state index is 0.261. The molecular weight excluding hydrogens is 208 g/mol. The maximum Gasteiger partial charge on any atom is 0.0359 e. The van der Waals surface area contributed by atoms with E-state index in [1.807, 2.05) is 0 Å². The summed E-state index contributed by atoms with van der Waals surface area (Å²) in [7, 11) is 2.30. The van der Waals surface area contributed by atoms with Gasteiger partial charge in [0, 0.05) is 18.1 Å².